The van der Waals surface area contributed by atoms with Crippen molar-refractivity contribution in [2.45, 2.75) is 77.6 Å². The van der Waals surface area contributed by atoms with Gasteiger partial charge >= 0.3 is 6.18 Å². The van der Waals surface area contributed by atoms with E-state index in [2.05, 4.69) is 5.32 Å². The number of fused-ring (bicyclic) bond motifs is 1. The second-order valence-corrected chi connectivity index (χ2v) is 14.2. The number of nitrogens with one attached hydrogen (secondary N) is 1. The van der Waals surface area contributed by atoms with Gasteiger partial charge in [-0.3, -0.25) is 9.59 Å². The summed E-state index contributed by atoms with van der Waals surface area (Å²) in [6.07, 6.45) is -4.66. The lowest BCUT2D eigenvalue weighted by atomic mass is 9.84. The molecular formula is C32H37Cl2F5N6O2. The van der Waals surface area contributed by atoms with Crippen molar-refractivity contribution in [3.05, 3.63) is 45.4 Å². The van der Waals surface area contributed by atoms with Crippen LogP contribution >= 0.6 is 23.2 Å². The summed E-state index contributed by atoms with van der Waals surface area (Å²) in [7, 11) is 1.68. The summed E-state index contributed by atoms with van der Waals surface area (Å²) >= 11 is 13.8. The maximum atomic E-state index is 14.2. The van der Waals surface area contributed by atoms with Crippen molar-refractivity contribution in [3.63, 3.8) is 0 Å². The predicted molar refractivity (Wildman–Crippen MR) is 173 cm³/mol. The molecule has 2 aromatic carbocycles. The lowest BCUT2D eigenvalue weighted by Crippen LogP contribution is -2.39. The number of halogens is 7. The third-order valence-corrected chi connectivity index (χ3v) is 9.73. The fourth-order valence-electron chi connectivity index (χ4n) is 6.32. The summed E-state index contributed by atoms with van der Waals surface area (Å²) < 4.78 is 71.0. The molecule has 1 saturated heterocycles. The number of anilines is 3. The van der Waals surface area contributed by atoms with Crippen molar-refractivity contribution in [2.24, 2.45) is 24.1 Å². The molecule has 256 valence electrons. The highest BCUT2D eigenvalue weighted by Crippen LogP contribution is 2.47. The molecule has 2 aliphatic rings. The van der Waals surface area contributed by atoms with Gasteiger partial charge in [-0.25, -0.2) is 13.8 Å². The molecule has 0 unspecified atom stereocenters. The highest BCUT2D eigenvalue weighted by Gasteiger charge is 2.44. The largest absolute Gasteiger partial charge is 0.391 e. The number of aromatic nitrogens is 2. The first kappa shape index (κ1) is 35.0. The van der Waals surface area contributed by atoms with Crippen LogP contribution in [0.2, 0.25) is 10.0 Å². The first-order chi connectivity index (χ1) is 21.8. The molecule has 0 radical (unpaired) electrons. The van der Waals surface area contributed by atoms with Gasteiger partial charge < -0.3 is 25.4 Å². The number of nitrogens with zero attached hydrogens (tertiary/aromatic N) is 4. The van der Waals surface area contributed by atoms with E-state index in [4.69, 9.17) is 33.9 Å². The lowest BCUT2D eigenvalue weighted by molar-refractivity contribution is -0.182. The number of hydrogen-bond donors (Lipinski definition) is 2. The first-order valence-corrected chi connectivity index (χ1v) is 16.1. The van der Waals surface area contributed by atoms with Crippen LogP contribution in [0.4, 0.5) is 39.3 Å². The molecule has 2 heterocycles. The van der Waals surface area contributed by atoms with Crippen molar-refractivity contribution < 1.29 is 31.5 Å². The van der Waals surface area contributed by atoms with Gasteiger partial charge in [-0.2, -0.15) is 13.2 Å². The number of carbonyl (C=O) groups is 2. The van der Waals surface area contributed by atoms with Crippen molar-refractivity contribution in [2.75, 3.05) is 22.9 Å². The van der Waals surface area contributed by atoms with E-state index in [1.165, 1.54) is 11.0 Å². The molecule has 3 N–H and O–H groups in total. The Bertz CT molecular complexity index is 1700. The van der Waals surface area contributed by atoms with Crippen molar-refractivity contribution in [1.82, 2.24) is 14.9 Å². The number of hydrogen-bond acceptors (Lipinski definition) is 5. The van der Waals surface area contributed by atoms with Gasteiger partial charge in [0.25, 0.3) is 11.8 Å². The first-order valence-electron chi connectivity index (χ1n) is 15.3. The van der Waals surface area contributed by atoms with E-state index in [0.29, 0.717) is 22.3 Å². The van der Waals surface area contributed by atoms with Crippen LogP contribution in [0.3, 0.4) is 0 Å². The quantitative estimate of drug-likeness (QED) is 0.246. The number of imidazole rings is 1. The fraction of sp³-hybridized carbons (Fsp3) is 0.531. The Morgan fingerprint density at radius 3 is 2.32 bits per heavy atom. The number of alkyl halides is 5. The van der Waals surface area contributed by atoms with Gasteiger partial charge in [-0.05, 0) is 49.4 Å². The number of benzene rings is 2. The van der Waals surface area contributed by atoms with Crippen molar-refractivity contribution in [3.8, 4) is 0 Å². The van der Waals surface area contributed by atoms with E-state index < -0.39 is 41.9 Å². The Morgan fingerprint density at radius 2 is 1.77 bits per heavy atom. The molecule has 8 nitrogen and oxygen atoms in total. The Morgan fingerprint density at radius 1 is 1.11 bits per heavy atom. The fourth-order valence-corrected chi connectivity index (χ4v) is 6.94. The molecule has 1 aromatic heterocycles. The zero-order chi connectivity index (χ0) is 34.6. The van der Waals surface area contributed by atoms with E-state index >= 15 is 0 Å². The molecule has 1 aliphatic carbocycles. The Balaban J connectivity index is 1.64. The highest BCUT2D eigenvalue weighted by molar-refractivity contribution is 6.40. The average Bonchev–Trinajstić information content (AvgIpc) is 3.50. The van der Waals surface area contributed by atoms with Crippen LogP contribution in [0, 0.1) is 11.3 Å². The normalized spacial score (nSPS) is 20.1. The number of amides is 2. The minimum atomic E-state index is -4.33. The van der Waals surface area contributed by atoms with Crippen LogP contribution in [-0.4, -0.2) is 52.6 Å². The van der Waals surface area contributed by atoms with Crippen LogP contribution in [0.5, 0.6) is 0 Å². The SMILES string of the molecule is Cn1c(N(c2c(Cl)ccc(CNC(=O)C(C)(C)C)c2Cl)C2CCC(C(F)(F)F)CC2)nc2cc(C(N)=O)c(N3CCC(F)(F)C3)cc21. The zero-order valence-electron chi connectivity index (χ0n) is 26.4. The highest BCUT2D eigenvalue weighted by atomic mass is 35.5. The number of rotatable bonds is 7. The summed E-state index contributed by atoms with van der Waals surface area (Å²) in [5, 5.41) is 3.26. The smallest absolute Gasteiger partial charge is 0.366 e. The van der Waals surface area contributed by atoms with Gasteiger partial charge in [0.05, 0.1) is 50.5 Å². The number of nitrogens with two attached hydrogens (primary N) is 1. The minimum Gasteiger partial charge on any atom is -0.366 e. The summed E-state index contributed by atoms with van der Waals surface area (Å²) in [5.41, 5.74) is 6.91. The minimum absolute atomic E-state index is 0.0157. The Kier molecular flexibility index (Phi) is 9.39. The molecule has 2 fully saturated rings. The number of carbonyl (C=O) groups excluding carboxylic acids is 2. The second kappa shape index (κ2) is 12.6. The van der Waals surface area contributed by atoms with Crippen LogP contribution in [0.1, 0.15) is 68.8 Å². The number of primary amides is 1. The van der Waals surface area contributed by atoms with Gasteiger partial charge in [-0.15, -0.1) is 0 Å². The lowest BCUT2D eigenvalue weighted by Gasteiger charge is -2.39. The van der Waals surface area contributed by atoms with Gasteiger partial charge in [0, 0.05) is 38.0 Å². The van der Waals surface area contributed by atoms with Crippen LogP contribution in [-0.2, 0) is 18.4 Å². The van der Waals surface area contributed by atoms with Gasteiger partial charge in [0.2, 0.25) is 11.9 Å². The van der Waals surface area contributed by atoms with Gasteiger partial charge in [0.1, 0.15) is 0 Å². The zero-order valence-corrected chi connectivity index (χ0v) is 28.0. The van der Waals surface area contributed by atoms with E-state index in [1.54, 1.807) is 55.5 Å². The topological polar surface area (TPSA) is 96.5 Å². The van der Waals surface area contributed by atoms with E-state index in [1.807, 2.05) is 0 Å². The van der Waals surface area contributed by atoms with Gasteiger partial charge in [-0.1, -0.05) is 50.0 Å². The summed E-state index contributed by atoms with van der Waals surface area (Å²) in [5.74, 6) is -5.14. The molecule has 5 rings (SSSR count). The monoisotopic (exact) mass is 702 g/mol. The van der Waals surface area contributed by atoms with E-state index in [-0.39, 0.29) is 78.3 Å². The molecule has 0 bridgehead atoms. The standard InChI is InChI=1S/C32H37Cl2F5N6O2/c1-30(2,3)28(47)41-15-17-5-10-21(33)26(25(17)34)45(19-8-6-18(7-9-19)32(37,38)39)29-42-22-13-20(27(40)46)23(14-24(22)43(29)4)44-12-11-31(35,36)16-44/h5,10,13-14,18-19H,6-9,11-12,15-16H2,1-4H3,(H2,40,46)(H,41,47). The van der Waals surface area contributed by atoms with Gasteiger partial charge in [0.15, 0.2) is 0 Å². The van der Waals surface area contributed by atoms with Crippen LogP contribution < -0.4 is 20.9 Å². The average molecular weight is 704 g/mol. The van der Waals surface area contributed by atoms with E-state index in [0.717, 1.165) is 0 Å². The summed E-state index contributed by atoms with van der Waals surface area (Å²) in [4.78, 5) is 33.0. The Labute approximate surface area is 279 Å². The third kappa shape index (κ3) is 7.11. The predicted octanol–water partition coefficient (Wildman–Crippen LogP) is 7.75. The molecular weight excluding hydrogens is 666 g/mol. The maximum absolute atomic E-state index is 14.2. The summed E-state index contributed by atoms with van der Waals surface area (Å²) in [6.45, 7) is 4.82. The molecule has 3 aromatic rings. The van der Waals surface area contributed by atoms with E-state index in [9.17, 15) is 31.5 Å². The molecule has 47 heavy (non-hydrogen) atoms. The number of aryl methyl sites for hydroxylation is 1. The molecule has 2 amide bonds. The molecule has 0 spiro atoms. The van der Waals surface area contributed by atoms with Crippen LogP contribution in [0.15, 0.2) is 24.3 Å². The molecule has 1 saturated carbocycles. The second-order valence-electron chi connectivity index (χ2n) is 13.4. The third-order valence-electron chi connectivity index (χ3n) is 9.00. The summed E-state index contributed by atoms with van der Waals surface area (Å²) in [6, 6.07) is 5.78. The van der Waals surface area contributed by atoms with Crippen LogP contribution in [0.25, 0.3) is 11.0 Å². The van der Waals surface area contributed by atoms with Crippen molar-refractivity contribution >= 4 is 63.4 Å². The molecule has 1 aliphatic heterocycles. The Hall–Kier alpha value is -3.32. The molecule has 15 heteroatoms. The maximum Gasteiger partial charge on any atom is 0.391 e. The van der Waals surface area contributed by atoms with Crippen molar-refractivity contribution in [1.29, 1.82) is 0 Å². The molecule has 0 atom stereocenters.